The van der Waals surface area contributed by atoms with Crippen LogP contribution in [-0.4, -0.2) is 49.6 Å². The molecule has 0 aromatic heterocycles. The summed E-state index contributed by atoms with van der Waals surface area (Å²) in [5, 5.41) is 0. The van der Waals surface area contributed by atoms with Crippen molar-refractivity contribution < 1.29 is 27.3 Å². The minimum absolute atomic E-state index is 0.230. The molecule has 0 aromatic carbocycles. The molecule has 2 aliphatic heterocycles. The third-order valence-corrected chi connectivity index (χ3v) is 7.69. The lowest BCUT2D eigenvalue weighted by Crippen LogP contribution is -2.55. The van der Waals surface area contributed by atoms with E-state index in [0.29, 0.717) is 26.4 Å². The summed E-state index contributed by atoms with van der Waals surface area (Å²) >= 11 is 0. The van der Waals surface area contributed by atoms with Gasteiger partial charge in [-0.05, 0) is 11.1 Å². The van der Waals surface area contributed by atoms with Crippen LogP contribution < -0.4 is 0 Å². The largest absolute Gasteiger partial charge is 0.630 e. The molecule has 0 amide bonds. The Kier molecular flexibility index (Phi) is 5.47. The molecule has 0 atom stereocenters. The fraction of sp³-hybridized carbons (Fsp3) is 1.00. The number of hydrogen-bond acceptors (Lipinski definition) is 6. The Morgan fingerprint density at radius 2 is 1.05 bits per heavy atom. The summed E-state index contributed by atoms with van der Waals surface area (Å²) in [4.78, 5) is 0. The predicted molar refractivity (Wildman–Crippen MR) is 73.4 cm³/mol. The zero-order valence-electron chi connectivity index (χ0n) is 12.1. The van der Waals surface area contributed by atoms with Crippen LogP contribution in [0, 0.1) is 0 Å². The molecule has 2 saturated heterocycles. The molecule has 6 nitrogen and oxygen atoms in total. The highest BCUT2D eigenvalue weighted by molar-refractivity contribution is 6.79. The van der Waals surface area contributed by atoms with Crippen LogP contribution in [0.5, 0.6) is 0 Å². The maximum atomic E-state index is 6.10. The van der Waals surface area contributed by atoms with E-state index in [-0.39, 0.29) is 11.1 Å². The second-order valence-corrected chi connectivity index (χ2v) is 9.55. The highest BCUT2D eigenvalue weighted by Gasteiger charge is 2.53. The summed E-state index contributed by atoms with van der Waals surface area (Å²) in [6.07, 6.45) is 0. The molecule has 108 valence electrons. The Bertz CT molecular complexity index is 253. The molecule has 9 heteroatoms. The van der Waals surface area contributed by atoms with E-state index in [0.717, 1.165) is 0 Å². The maximum absolute atomic E-state index is 6.10. The standard InChI is InChI=1S/C10H22B2O6Si/c1-9(2)19(10(3)4,17-11-13-5-6-14-11)18-12-15-7-8-16-12/h9-10H,5-8H2,1-4H3. The fourth-order valence-corrected chi connectivity index (χ4v) is 5.70. The van der Waals surface area contributed by atoms with Crippen LogP contribution in [0.3, 0.4) is 0 Å². The van der Waals surface area contributed by atoms with Gasteiger partial charge in [0.25, 0.3) is 0 Å². The maximum Gasteiger partial charge on any atom is 0.630 e. The van der Waals surface area contributed by atoms with Crippen LogP contribution in [0.2, 0.25) is 11.1 Å². The molecular weight excluding hydrogens is 266 g/mol. The Balaban J connectivity index is 2.08. The first-order valence-corrected chi connectivity index (χ1v) is 8.84. The molecule has 0 spiro atoms. The highest BCUT2D eigenvalue weighted by atomic mass is 28.4. The molecule has 0 radical (unpaired) electrons. The second-order valence-electron chi connectivity index (χ2n) is 5.33. The van der Waals surface area contributed by atoms with E-state index in [9.17, 15) is 0 Å². The third kappa shape index (κ3) is 3.60. The SMILES string of the molecule is CC(C)[Si](OB1OCCO1)(OB1OCCO1)C(C)C. The Hall–Kier alpha value is 0.107. The lowest BCUT2D eigenvalue weighted by molar-refractivity contribution is 0.193. The zero-order valence-corrected chi connectivity index (χ0v) is 13.1. The first kappa shape index (κ1) is 15.5. The zero-order chi connectivity index (χ0) is 13.9. The van der Waals surface area contributed by atoms with Gasteiger partial charge in [-0.15, -0.1) is 0 Å². The topological polar surface area (TPSA) is 55.4 Å². The molecule has 2 aliphatic rings. The van der Waals surface area contributed by atoms with Crippen LogP contribution in [0.25, 0.3) is 0 Å². The quantitative estimate of drug-likeness (QED) is 0.688. The van der Waals surface area contributed by atoms with E-state index in [1.54, 1.807) is 0 Å². The van der Waals surface area contributed by atoms with Crippen molar-refractivity contribution in [3.63, 3.8) is 0 Å². The van der Waals surface area contributed by atoms with E-state index < -0.39 is 23.2 Å². The van der Waals surface area contributed by atoms with Gasteiger partial charge in [0.2, 0.25) is 0 Å². The van der Waals surface area contributed by atoms with Crippen molar-refractivity contribution in [3.05, 3.63) is 0 Å². The number of rotatable bonds is 6. The van der Waals surface area contributed by atoms with Crippen molar-refractivity contribution in [1.82, 2.24) is 0 Å². The summed E-state index contributed by atoms with van der Waals surface area (Å²) in [5.41, 5.74) is 0.459. The minimum Gasteiger partial charge on any atom is -0.407 e. The van der Waals surface area contributed by atoms with Crippen LogP contribution in [0.15, 0.2) is 0 Å². The normalized spacial score (nSPS) is 21.2. The van der Waals surface area contributed by atoms with Gasteiger partial charge in [0.15, 0.2) is 0 Å². The van der Waals surface area contributed by atoms with E-state index >= 15 is 0 Å². The Labute approximate surface area is 116 Å². The van der Waals surface area contributed by atoms with Crippen molar-refractivity contribution >= 4 is 23.2 Å². The second kappa shape index (κ2) is 6.71. The lowest BCUT2D eigenvalue weighted by atomic mass is 10.3. The van der Waals surface area contributed by atoms with E-state index in [2.05, 4.69) is 27.7 Å². The van der Waals surface area contributed by atoms with Crippen LogP contribution in [0.1, 0.15) is 27.7 Å². The van der Waals surface area contributed by atoms with Gasteiger partial charge in [-0.3, -0.25) is 0 Å². The smallest absolute Gasteiger partial charge is 0.407 e. The summed E-state index contributed by atoms with van der Waals surface area (Å²) in [6.45, 7) is 10.6. The molecule has 2 fully saturated rings. The molecule has 0 bridgehead atoms. The van der Waals surface area contributed by atoms with Crippen LogP contribution in [-0.2, 0) is 27.3 Å². The van der Waals surface area contributed by atoms with Crippen LogP contribution >= 0.6 is 0 Å². The van der Waals surface area contributed by atoms with Gasteiger partial charge < -0.3 is 27.3 Å². The third-order valence-electron chi connectivity index (χ3n) is 3.35. The Morgan fingerprint density at radius 1 is 0.737 bits per heavy atom. The highest BCUT2D eigenvalue weighted by Crippen LogP contribution is 2.36. The van der Waals surface area contributed by atoms with E-state index in [4.69, 9.17) is 27.3 Å². The molecule has 0 aliphatic carbocycles. The van der Waals surface area contributed by atoms with Gasteiger partial charge in [-0.1, -0.05) is 27.7 Å². The van der Waals surface area contributed by atoms with Crippen molar-refractivity contribution in [3.8, 4) is 0 Å². The fourth-order valence-electron chi connectivity index (χ4n) is 2.35. The van der Waals surface area contributed by atoms with Crippen molar-refractivity contribution in [2.75, 3.05) is 26.4 Å². The van der Waals surface area contributed by atoms with E-state index in [1.807, 2.05) is 0 Å². The summed E-state index contributed by atoms with van der Waals surface area (Å²) in [7, 11) is -3.83. The van der Waals surface area contributed by atoms with Gasteiger partial charge in [0.1, 0.15) is 0 Å². The molecule has 2 rings (SSSR count). The van der Waals surface area contributed by atoms with Gasteiger partial charge >= 0.3 is 23.2 Å². The number of hydrogen-bond donors (Lipinski definition) is 0. The monoisotopic (exact) mass is 288 g/mol. The molecular formula is C10H22B2O6Si. The van der Waals surface area contributed by atoms with Gasteiger partial charge in [-0.2, -0.15) is 0 Å². The predicted octanol–water partition coefficient (Wildman–Crippen LogP) is 1.35. The van der Waals surface area contributed by atoms with Crippen molar-refractivity contribution in [2.24, 2.45) is 0 Å². The van der Waals surface area contributed by atoms with Crippen molar-refractivity contribution in [1.29, 1.82) is 0 Å². The van der Waals surface area contributed by atoms with E-state index in [1.165, 1.54) is 0 Å². The molecule has 19 heavy (non-hydrogen) atoms. The summed E-state index contributed by atoms with van der Waals surface area (Å²) < 4.78 is 33.8. The molecule has 2 heterocycles. The van der Waals surface area contributed by atoms with Gasteiger partial charge in [0, 0.05) is 0 Å². The first-order valence-electron chi connectivity index (χ1n) is 6.86. The van der Waals surface area contributed by atoms with Crippen molar-refractivity contribution in [2.45, 2.75) is 38.8 Å². The average molecular weight is 288 g/mol. The average Bonchev–Trinajstić information content (AvgIpc) is 3.00. The lowest BCUT2D eigenvalue weighted by Gasteiger charge is -2.38. The molecule has 0 unspecified atom stereocenters. The van der Waals surface area contributed by atoms with Crippen LogP contribution in [0.4, 0.5) is 0 Å². The molecule has 0 N–H and O–H groups in total. The first-order chi connectivity index (χ1) is 9.04. The molecule has 0 saturated carbocycles. The molecule has 0 aromatic rings. The Morgan fingerprint density at radius 3 is 1.32 bits per heavy atom. The summed E-state index contributed by atoms with van der Waals surface area (Å²) in [6, 6.07) is 0. The summed E-state index contributed by atoms with van der Waals surface area (Å²) in [5.74, 6) is 0. The minimum atomic E-state index is -2.58. The van der Waals surface area contributed by atoms with Gasteiger partial charge in [-0.25, -0.2) is 0 Å². The van der Waals surface area contributed by atoms with Gasteiger partial charge in [0.05, 0.1) is 26.4 Å².